The highest BCUT2D eigenvalue weighted by molar-refractivity contribution is 9.10. The Morgan fingerprint density at radius 3 is 2.50 bits per heavy atom. The van der Waals surface area contributed by atoms with Crippen molar-refractivity contribution >= 4 is 44.0 Å². The molecule has 0 radical (unpaired) electrons. The fraction of sp³-hybridized carbons (Fsp3) is 0.200. The zero-order valence-electron chi connectivity index (χ0n) is 13.1. The summed E-state index contributed by atoms with van der Waals surface area (Å²) in [7, 11) is 4.61. The molecule has 3 aromatic rings. The van der Waals surface area contributed by atoms with Crippen molar-refractivity contribution in [2.45, 2.75) is 5.16 Å². The number of nitrogens with zero attached hydrogens (tertiary/aromatic N) is 4. The number of hydrogen-bond donors (Lipinski definition) is 0. The van der Waals surface area contributed by atoms with E-state index in [4.69, 9.17) is 0 Å². The molecule has 7 nitrogen and oxygen atoms in total. The second-order valence-corrected chi connectivity index (χ2v) is 7.09. The first kappa shape index (κ1) is 16.7. The number of rotatable bonds is 2. The third kappa shape index (κ3) is 2.63. The summed E-state index contributed by atoms with van der Waals surface area (Å²) in [4.78, 5) is 41.1. The molecular weight excluding hydrogens is 396 g/mol. The monoisotopic (exact) mass is 408 g/mol. The van der Waals surface area contributed by atoms with Crippen LogP contribution in [-0.2, 0) is 21.1 Å². The van der Waals surface area contributed by atoms with Gasteiger partial charge in [-0.1, -0.05) is 28.1 Å². The van der Waals surface area contributed by atoms with Crippen molar-refractivity contribution in [1.82, 2.24) is 18.7 Å². The van der Waals surface area contributed by atoms with Gasteiger partial charge in [-0.15, -0.1) is 0 Å². The summed E-state index contributed by atoms with van der Waals surface area (Å²) in [5, 5.41) is 0.157. The molecule has 1 aromatic carbocycles. The van der Waals surface area contributed by atoms with Crippen LogP contribution in [0.4, 0.5) is 0 Å². The largest absolute Gasteiger partial charge is 0.332 e. The van der Waals surface area contributed by atoms with Crippen LogP contribution in [0.15, 0.2) is 43.5 Å². The molecule has 2 aromatic heterocycles. The van der Waals surface area contributed by atoms with Crippen LogP contribution in [0.25, 0.3) is 11.2 Å². The van der Waals surface area contributed by atoms with Gasteiger partial charge >= 0.3 is 5.69 Å². The molecule has 9 heteroatoms. The molecule has 0 unspecified atom stereocenters. The van der Waals surface area contributed by atoms with Gasteiger partial charge in [0.1, 0.15) is 0 Å². The smallest absolute Gasteiger partial charge is 0.316 e. The third-order valence-electron chi connectivity index (χ3n) is 3.68. The first-order valence-electron chi connectivity index (χ1n) is 6.91. The summed E-state index contributed by atoms with van der Waals surface area (Å²) in [6.07, 6.45) is 0. The van der Waals surface area contributed by atoms with Gasteiger partial charge in [0.05, 0.1) is 0 Å². The maximum atomic E-state index is 12.4. The second kappa shape index (κ2) is 6.06. The van der Waals surface area contributed by atoms with Gasteiger partial charge in [-0.2, -0.15) is 0 Å². The Bertz CT molecular complexity index is 1100. The number of imidazole rings is 1. The van der Waals surface area contributed by atoms with Crippen LogP contribution >= 0.6 is 27.7 Å². The van der Waals surface area contributed by atoms with E-state index in [1.807, 2.05) is 6.07 Å². The Morgan fingerprint density at radius 2 is 1.83 bits per heavy atom. The van der Waals surface area contributed by atoms with Crippen LogP contribution in [0.5, 0.6) is 0 Å². The van der Waals surface area contributed by atoms with Gasteiger partial charge in [-0.25, -0.2) is 9.78 Å². The highest BCUT2D eigenvalue weighted by Gasteiger charge is 2.19. The van der Waals surface area contributed by atoms with E-state index in [9.17, 15) is 14.4 Å². The average molecular weight is 409 g/mol. The highest BCUT2D eigenvalue weighted by atomic mass is 79.9. The molecule has 0 atom stereocenters. The molecule has 0 aliphatic rings. The van der Waals surface area contributed by atoms with Crippen molar-refractivity contribution in [3.05, 3.63) is 55.1 Å². The first-order chi connectivity index (χ1) is 11.3. The molecular formula is C15H13BrN4O3S. The SMILES string of the molecule is Cn1c(=O)c2c(nc(SC(=O)c3cccc(Br)c3)n2C)n(C)c1=O. The topological polar surface area (TPSA) is 78.9 Å². The molecule has 0 spiro atoms. The molecule has 0 saturated carbocycles. The zero-order valence-corrected chi connectivity index (χ0v) is 15.5. The number of aryl methyl sites for hydroxylation is 2. The van der Waals surface area contributed by atoms with Crippen LogP contribution in [-0.4, -0.2) is 23.8 Å². The van der Waals surface area contributed by atoms with Crippen LogP contribution < -0.4 is 11.2 Å². The third-order valence-corrected chi connectivity index (χ3v) is 5.14. The minimum absolute atomic E-state index is 0.198. The van der Waals surface area contributed by atoms with Crippen LogP contribution in [0, 0.1) is 0 Å². The minimum Gasteiger partial charge on any atom is -0.316 e. The van der Waals surface area contributed by atoms with E-state index in [1.165, 1.54) is 16.2 Å². The second-order valence-electron chi connectivity index (χ2n) is 5.23. The summed E-state index contributed by atoms with van der Waals surface area (Å²) in [6, 6.07) is 7.02. The Hall–Kier alpha value is -2.13. The fourth-order valence-electron chi connectivity index (χ4n) is 2.35. The van der Waals surface area contributed by atoms with Crippen LogP contribution in [0.1, 0.15) is 10.4 Å². The number of benzene rings is 1. The van der Waals surface area contributed by atoms with Crippen molar-refractivity contribution in [3.63, 3.8) is 0 Å². The number of fused-ring (bicyclic) bond motifs is 1. The Balaban J connectivity index is 2.12. The van der Waals surface area contributed by atoms with Crippen LogP contribution in [0.3, 0.4) is 0 Å². The molecule has 0 bridgehead atoms. The predicted octanol–water partition coefficient (Wildman–Crippen LogP) is 1.67. The molecule has 0 N–H and O–H groups in total. The maximum absolute atomic E-state index is 12.4. The lowest BCUT2D eigenvalue weighted by Crippen LogP contribution is -2.37. The summed E-state index contributed by atoms with van der Waals surface area (Å²) in [5.41, 5.74) is 0.160. The van der Waals surface area contributed by atoms with Crippen molar-refractivity contribution < 1.29 is 4.79 Å². The Kier molecular flexibility index (Phi) is 4.22. The molecule has 0 fully saturated rings. The van der Waals surface area contributed by atoms with E-state index in [1.54, 1.807) is 32.3 Å². The van der Waals surface area contributed by atoms with E-state index >= 15 is 0 Å². The summed E-state index contributed by atoms with van der Waals surface area (Å²) in [5.74, 6) is 0. The quantitative estimate of drug-likeness (QED) is 0.602. The molecule has 3 rings (SSSR count). The van der Waals surface area contributed by atoms with Crippen LogP contribution in [0.2, 0.25) is 0 Å². The van der Waals surface area contributed by atoms with Gasteiger partial charge in [0.25, 0.3) is 5.56 Å². The summed E-state index contributed by atoms with van der Waals surface area (Å²) < 4.78 is 4.66. The maximum Gasteiger partial charge on any atom is 0.332 e. The fourth-order valence-corrected chi connectivity index (χ4v) is 3.52. The van der Waals surface area contributed by atoms with Crippen molar-refractivity contribution in [2.75, 3.05) is 0 Å². The van der Waals surface area contributed by atoms with Crippen molar-refractivity contribution in [1.29, 1.82) is 0 Å². The normalized spacial score (nSPS) is 11.2. The Morgan fingerprint density at radius 1 is 1.12 bits per heavy atom. The lowest BCUT2D eigenvalue weighted by molar-refractivity contribution is 0.108. The number of carbonyl (C=O) groups excluding carboxylic acids is 1. The lowest BCUT2D eigenvalue weighted by atomic mass is 10.2. The highest BCUT2D eigenvalue weighted by Crippen LogP contribution is 2.25. The van der Waals surface area contributed by atoms with E-state index in [0.29, 0.717) is 10.7 Å². The summed E-state index contributed by atoms with van der Waals surface area (Å²) >= 11 is 4.24. The first-order valence-corrected chi connectivity index (χ1v) is 8.52. The Labute approximate surface area is 149 Å². The summed E-state index contributed by atoms with van der Waals surface area (Å²) in [6.45, 7) is 0. The lowest BCUT2D eigenvalue weighted by Gasteiger charge is -2.03. The van der Waals surface area contributed by atoms with Gasteiger partial charge in [0.15, 0.2) is 16.3 Å². The van der Waals surface area contributed by atoms with E-state index in [0.717, 1.165) is 20.8 Å². The van der Waals surface area contributed by atoms with Crippen molar-refractivity contribution in [3.8, 4) is 0 Å². The molecule has 2 heterocycles. The zero-order chi connectivity index (χ0) is 17.6. The van der Waals surface area contributed by atoms with Gasteiger partial charge in [-0.3, -0.25) is 18.7 Å². The predicted molar refractivity (Wildman–Crippen MR) is 95.5 cm³/mol. The molecule has 0 amide bonds. The van der Waals surface area contributed by atoms with Gasteiger partial charge in [0, 0.05) is 31.2 Å². The molecule has 0 saturated heterocycles. The van der Waals surface area contributed by atoms with E-state index < -0.39 is 11.2 Å². The molecule has 24 heavy (non-hydrogen) atoms. The minimum atomic E-state index is -0.458. The average Bonchev–Trinajstić information content (AvgIpc) is 2.88. The van der Waals surface area contributed by atoms with Gasteiger partial charge < -0.3 is 4.57 Å². The molecule has 0 aliphatic heterocycles. The number of halogens is 1. The van der Waals surface area contributed by atoms with E-state index in [-0.39, 0.29) is 16.3 Å². The number of hydrogen-bond acceptors (Lipinski definition) is 5. The number of thioether (sulfide) groups is 1. The number of aromatic nitrogens is 4. The van der Waals surface area contributed by atoms with E-state index in [2.05, 4.69) is 20.9 Å². The standard InChI is InChI=1S/C15H13BrN4O3S/c1-18-10-11(19(2)15(23)20(3)12(10)21)17-14(18)24-13(22)8-5-4-6-9(16)7-8/h4-7H,1-3H3. The number of carbonyl (C=O) groups is 1. The van der Waals surface area contributed by atoms with Gasteiger partial charge in [-0.05, 0) is 23.9 Å². The molecule has 0 aliphatic carbocycles. The molecule has 124 valence electrons. The van der Waals surface area contributed by atoms with Crippen molar-refractivity contribution in [2.24, 2.45) is 21.1 Å². The van der Waals surface area contributed by atoms with Gasteiger partial charge in [0.2, 0.25) is 5.12 Å².